The van der Waals surface area contributed by atoms with Crippen LogP contribution in [0.4, 0.5) is 5.69 Å². The van der Waals surface area contributed by atoms with Gasteiger partial charge in [0.1, 0.15) is 13.1 Å². The number of carboxylic acids is 1. The van der Waals surface area contributed by atoms with E-state index >= 15 is 0 Å². The van der Waals surface area contributed by atoms with E-state index in [9.17, 15) is 24.3 Å². The Morgan fingerprint density at radius 1 is 0.878 bits per heavy atom. The van der Waals surface area contributed by atoms with Crippen molar-refractivity contribution in [2.24, 2.45) is 0 Å². The van der Waals surface area contributed by atoms with Crippen LogP contribution in [0.3, 0.4) is 0 Å². The van der Waals surface area contributed by atoms with Crippen molar-refractivity contribution in [1.82, 2.24) is 9.64 Å². The Hall–Kier alpha value is -4.79. The van der Waals surface area contributed by atoms with Crippen LogP contribution in [0.15, 0.2) is 48.5 Å². The summed E-state index contributed by atoms with van der Waals surface area (Å²) in [5.41, 5.74) is 9.14. The maximum absolute atomic E-state index is 12.6. The highest BCUT2D eigenvalue weighted by Gasteiger charge is 2.37. The van der Waals surface area contributed by atoms with Gasteiger partial charge in [-0.3, -0.25) is 9.59 Å². The third kappa shape index (κ3) is 5.93. The predicted octanol–water partition coefficient (Wildman–Crippen LogP) is 4.26. The molecule has 0 atom stereocenters. The lowest BCUT2D eigenvalue weighted by Gasteiger charge is -2.38. The van der Waals surface area contributed by atoms with Crippen molar-refractivity contribution in [2.45, 2.75) is 83.5 Å². The summed E-state index contributed by atoms with van der Waals surface area (Å²) in [5, 5.41) is 13.3. The van der Waals surface area contributed by atoms with E-state index in [0.717, 1.165) is 80.1 Å². The van der Waals surface area contributed by atoms with Gasteiger partial charge in [0, 0.05) is 68.4 Å². The van der Waals surface area contributed by atoms with Crippen molar-refractivity contribution < 1.29 is 29.1 Å². The second-order valence-corrected chi connectivity index (χ2v) is 14.4. The Balaban J connectivity index is 1.26. The zero-order chi connectivity index (χ0) is 34.4. The summed E-state index contributed by atoms with van der Waals surface area (Å²) >= 11 is 0. The number of amides is 2. The largest absolute Gasteiger partial charge is 0.478 e. The number of carboxylic acid groups (broad SMARTS) is 1. The van der Waals surface area contributed by atoms with Crippen molar-refractivity contribution >= 4 is 35.0 Å². The number of carbonyl (C=O) groups excluding carboxylic acids is 3. The normalized spacial score (nSPS) is 17.8. The number of carbonyl (C=O) groups is 4. The molecule has 3 heterocycles. The summed E-state index contributed by atoms with van der Waals surface area (Å²) in [6.07, 6.45) is 6.73. The number of unbranched alkanes of at least 4 members (excludes halogenated alkanes) is 2. The van der Waals surface area contributed by atoms with Crippen LogP contribution >= 0.6 is 0 Å². The van der Waals surface area contributed by atoms with Crippen LogP contribution in [0.2, 0.25) is 0 Å². The van der Waals surface area contributed by atoms with Gasteiger partial charge in [-0.25, -0.2) is 14.2 Å². The van der Waals surface area contributed by atoms with E-state index in [1.165, 1.54) is 33.3 Å². The number of aryl methyl sites for hydroxylation is 2. The number of rotatable bonds is 9. The first-order valence-electron chi connectivity index (χ1n) is 17.6. The lowest BCUT2D eigenvalue weighted by Crippen LogP contribution is -2.43. The summed E-state index contributed by atoms with van der Waals surface area (Å²) < 4.78 is 2.45. The zero-order valence-electron chi connectivity index (χ0n) is 28.6. The van der Waals surface area contributed by atoms with E-state index in [4.69, 9.17) is 4.84 Å². The third-order valence-electron chi connectivity index (χ3n) is 10.8. The van der Waals surface area contributed by atoms with Crippen molar-refractivity contribution in [3.63, 3.8) is 0 Å². The molecule has 1 saturated heterocycles. The predicted molar refractivity (Wildman–Crippen MR) is 186 cm³/mol. The Bertz CT molecular complexity index is 2010. The zero-order valence-corrected chi connectivity index (χ0v) is 28.6. The second-order valence-electron chi connectivity index (χ2n) is 14.4. The molecule has 4 aliphatic rings. The molecule has 1 fully saturated rings. The van der Waals surface area contributed by atoms with Crippen molar-refractivity contribution in [3.8, 4) is 0 Å². The number of hydrogen-bond donors (Lipinski definition) is 1. The number of anilines is 1. The molecule has 0 radical (unpaired) electrons. The molecule has 49 heavy (non-hydrogen) atoms. The van der Waals surface area contributed by atoms with Crippen LogP contribution in [0.5, 0.6) is 0 Å². The molecule has 2 amide bonds. The minimum atomic E-state index is -0.927. The Morgan fingerprint density at radius 2 is 1.63 bits per heavy atom. The quantitative estimate of drug-likeness (QED) is 0.207. The molecular formula is C40H44N3O6+. The first kappa shape index (κ1) is 32.7. The number of fused-ring (bicyclic) bond motifs is 4. The minimum absolute atomic E-state index is 0.0879. The van der Waals surface area contributed by atoms with E-state index in [-0.39, 0.29) is 24.7 Å². The summed E-state index contributed by atoms with van der Waals surface area (Å²) in [6, 6.07) is 16.8. The minimum Gasteiger partial charge on any atom is -0.478 e. The fourth-order valence-corrected chi connectivity index (χ4v) is 8.23. The highest BCUT2D eigenvalue weighted by molar-refractivity contribution is 6.01. The molecule has 0 aromatic heterocycles. The number of nitrogens with zero attached hydrogens (tertiary/aromatic N) is 3. The molecule has 3 aliphatic heterocycles. The maximum atomic E-state index is 12.6. The number of imide groups is 1. The van der Waals surface area contributed by atoms with Gasteiger partial charge in [0.25, 0.3) is 11.8 Å². The fourth-order valence-electron chi connectivity index (χ4n) is 8.23. The highest BCUT2D eigenvalue weighted by Crippen LogP contribution is 2.44. The molecule has 9 heteroatoms. The SMILES string of the molecule is CN1CCCc2cc3c(cc21)C(C)(C)c1cc2c(cc1=C3c1ccccc1C(=O)O)CCC[N+]=2CCCCCC(=O)ON1C(=O)CCC1=O. The average molecular weight is 663 g/mol. The Kier molecular flexibility index (Phi) is 8.63. The van der Waals surface area contributed by atoms with Gasteiger partial charge in [0.05, 0.1) is 5.56 Å². The summed E-state index contributed by atoms with van der Waals surface area (Å²) in [5.74, 6) is -2.40. The highest BCUT2D eigenvalue weighted by atomic mass is 16.7. The first-order chi connectivity index (χ1) is 23.5. The van der Waals surface area contributed by atoms with Gasteiger partial charge in [0.2, 0.25) is 5.36 Å². The van der Waals surface area contributed by atoms with Crippen molar-refractivity contribution in [2.75, 3.05) is 31.6 Å². The van der Waals surface area contributed by atoms with Gasteiger partial charge in [-0.05, 0) is 95.0 Å². The van der Waals surface area contributed by atoms with E-state index in [2.05, 4.69) is 54.6 Å². The van der Waals surface area contributed by atoms with Crippen LogP contribution in [0.25, 0.3) is 5.57 Å². The van der Waals surface area contributed by atoms with Gasteiger partial charge < -0.3 is 14.8 Å². The van der Waals surface area contributed by atoms with Gasteiger partial charge in [-0.2, -0.15) is 0 Å². The molecule has 3 aromatic carbocycles. The van der Waals surface area contributed by atoms with Crippen molar-refractivity contribution in [3.05, 3.63) is 98.1 Å². The molecule has 0 spiro atoms. The van der Waals surface area contributed by atoms with E-state index < -0.39 is 23.8 Å². The van der Waals surface area contributed by atoms with E-state index in [1.807, 2.05) is 12.1 Å². The van der Waals surface area contributed by atoms with Crippen LogP contribution in [-0.4, -0.2) is 60.6 Å². The standard InChI is InChI=1S/C40H43N3O6/c1-40(2)31-23-33-25(11-9-18-41(33)3)21-29(31)38(27-13-6-7-14-28(27)39(47)48)30-22-26-12-10-20-42(34(26)24-32(30)40)19-8-4-5-15-37(46)49-43-35(44)16-17-36(43)45/h6-7,13-14,21-24H,4-5,8-12,15-20H2,1-3H3/p+1. The molecule has 3 aromatic rings. The molecule has 9 nitrogen and oxygen atoms in total. The average Bonchev–Trinajstić information content (AvgIpc) is 3.39. The maximum Gasteiger partial charge on any atom is 0.336 e. The molecule has 7 rings (SSSR count). The monoisotopic (exact) mass is 662 g/mol. The number of hydroxylamine groups is 2. The number of hydrogen-bond acceptors (Lipinski definition) is 6. The fraction of sp³-hybridized carbons (Fsp3) is 0.425. The summed E-state index contributed by atoms with van der Waals surface area (Å²) in [6.45, 7) is 7.39. The molecule has 0 saturated carbocycles. The molecular weight excluding hydrogens is 618 g/mol. The topological polar surface area (TPSA) is 107 Å². The van der Waals surface area contributed by atoms with E-state index in [1.54, 1.807) is 12.1 Å². The van der Waals surface area contributed by atoms with Crippen LogP contribution in [0.1, 0.15) is 109 Å². The lowest BCUT2D eigenvalue weighted by atomic mass is 9.67. The van der Waals surface area contributed by atoms with E-state index in [0.29, 0.717) is 17.0 Å². The lowest BCUT2D eigenvalue weighted by molar-refractivity contribution is -0.197. The Labute approximate surface area is 286 Å². The summed E-state index contributed by atoms with van der Waals surface area (Å²) in [7, 11) is 2.16. The van der Waals surface area contributed by atoms with Gasteiger partial charge >= 0.3 is 11.9 Å². The number of aromatic carboxylic acids is 1. The summed E-state index contributed by atoms with van der Waals surface area (Å²) in [4.78, 5) is 55.7. The first-order valence-corrected chi connectivity index (χ1v) is 17.6. The van der Waals surface area contributed by atoms with Gasteiger partial charge in [-0.15, -0.1) is 5.06 Å². The van der Waals surface area contributed by atoms with Crippen molar-refractivity contribution in [1.29, 1.82) is 0 Å². The molecule has 0 bridgehead atoms. The number of benzene rings is 3. The van der Waals surface area contributed by atoms with Gasteiger partial charge in [0.15, 0.2) is 0 Å². The Morgan fingerprint density at radius 3 is 2.41 bits per heavy atom. The molecule has 0 unspecified atom stereocenters. The molecule has 1 aliphatic carbocycles. The van der Waals surface area contributed by atoms with Crippen LogP contribution in [0, 0.1) is 0 Å². The van der Waals surface area contributed by atoms with Gasteiger partial charge in [-0.1, -0.05) is 32.0 Å². The smallest absolute Gasteiger partial charge is 0.336 e. The molecule has 254 valence electrons. The van der Waals surface area contributed by atoms with Crippen LogP contribution < -0.4 is 20.1 Å². The molecule has 1 N–H and O–H groups in total. The van der Waals surface area contributed by atoms with Crippen LogP contribution in [-0.2, 0) is 37.5 Å². The second kappa shape index (κ2) is 12.9. The third-order valence-corrected chi connectivity index (χ3v) is 10.8.